The number of methoxy groups -OCH3 is 1. The summed E-state index contributed by atoms with van der Waals surface area (Å²) >= 11 is 6.21. The quantitative estimate of drug-likeness (QED) is 0.737. The van der Waals surface area contributed by atoms with E-state index in [-0.39, 0.29) is 0 Å². The molecular formula is C14H22ClNO2. The summed E-state index contributed by atoms with van der Waals surface area (Å²) in [6.45, 7) is 7.13. The maximum Gasteiger partial charge on any atom is 0.125 e. The fourth-order valence-electron chi connectivity index (χ4n) is 1.49. The van der Waals surface area contributed by atoms with Gasteiger partial charge in [0.05, 0.1) is 13.2 Å². The zero-order valence-corrected chi connectivity index (χ0v) is 12.1. The van der Waals surface area contributed by atoms with E-state index in [4.69, 9.17) is 21.1 Å². The van der Waals surface area contributed by atoms with Crippen LogP contribution in [0, 0.1) is 5.92 Å². The third kappa shape index (κ3) is 5.25. The summed E-state index contributed by atoms with van der Waals surface area (Å²) in [7, 11) is 1.69. The van der Waals surface area contributed by atoms with Crippen molar-refractivity contribution in [3.05, 3.63) is 28.8 Å². The van der Waals surface area contributed by atoms with Crippen LogP contribution in [-0.4, -0.2) is 26.9 Å². The fraction of sp³-hybridized carbons (Fsp3) is 0.571. The first-order valence-electron chi connectivity index (χ1n) is 6.25. The van der Waals surface area contributed by atoms with E-state index in [1.54, 1.807) is 7.11 Å². The van der Waals surface area contributed by atoms with E-state index < -0.39 is 0 Å². The largest absolute Gasteiger partial charge is 0.493 e. The Balaban J connectivity index is 2.62. The smallest absolute Gasteiger partial charge is 0.125 e. The van der Waals surface area contributed by atoms with Gasteiger partial charge in [0, 0.05) is 30.8 Å². The molecule has 0 saturated heterocycles. The van der Waals surface area contributed by atoms with Gasteiger partial charge in [-0.15, -0.1) is 0 Å². The molecule has 18 heavy (non-hydrogen) atoms. The summed E-state index contributed by atoms with van der Waals surface area (Å²) in [5.74, 6) is 1.36. The second kappa shape index (κ2) is 8.35. The number of nitrogens with one attached hydrogen (secondary N) is 1. The summed E-state index contributed by atoms with van der Waals surface area (Å²) in [6, 6.07) is 5.76. The van der Waals surface area contributed by atoms with Crippen LogP contribution in [0.3, 0.4) is 0 Å². The van der Waals surface area contributed by atoms with E-state index in [0.29, 0.717) is 25.7 Å². The van der Waals surface area contributed by atoms with Crippen molar-refractivity contribution < 1.29 is 9.47 Å². The molecule has 0 heterocycles. The molecule has 102 valence electrons. The average Bonchev–Trinajstić information content (AvgIpc) is 2.34. The first kappa shape index (κ1) is 15.3. The van der Waals surface area contributed by atoms with Crippen molar-refractivity contribution in [2.45, 2.75) is 20.4 Å². The molecular weight excluding hydrogens is 250 g/mol. The molecule has 0 aliphatic carbocycles. The first-order valence-corrected chi connectivity index (χ1v) is 6.62. The molecule has 1 aromatic carbocycles. The van der Waals surface area contributed by atoms with Crippen LogP contribution in [0.15, 0.2) is 18.2 Å². The van der Waals surface area contributed by atoms with Gasteiger partial charge in [0.2, 0.25) is 0 Å². The van der Waals surface area contributed by atoms with E-state index >= 15 is 0 Å². The standard InChI is InChI=1S/C14H22ClNO2/c1-11(2)10-18-14-6-4-5-13(15)12(14)9-16-7-8-17-3/h4-6,11,16H,7-10H2,1-3H3. The Labute approximate surface area is 114 Å². The van der Waals surface area contributed by atoms with E-state index in [0.717, 1.165) is 22.9 Å². The third-order valence-electron chi connectivity index (χ3n) is 2.43. The zero-order chi connectivity index (χ0) is 13.4. The van der Waals surface area contributed by atoms with Crippen LogP contribution in [0.5, 0.6) is 5.75 Å². The highest BCUT2D eigenvalue weighted by molar-refractivity contribution is 6.31. The molecule has 1 N–H and O–H groups in total. The van der Waals surface area contributed by atoms with Crippen LogP contribution in [0.2, 0.25) is 5.02 Å². The predicted molar refractivity (Wildman–Crippen MR) is 75.4 cm³/mol. The molecule has 0 aromatic heterocycles. The Bertz CT molecular complexity index is 356. The van der Waals surface area contributed by atoms with Crippen molar-refractivity contribution in [2.24, 2.45) is 5.92 Å². The van der Waals surface area contributed by atoms with E-state index in [2.05, 4.69) is 19.2 Å². The van der Waals surface area contributed by atoms with Crippen molar-refractivity contribution in [3.8, 4) is 5.75 Å². The Morgan fingerprint density at radius 2 is 2.11 bits per heavy atom. The lowest BCUT2D eigenvalue weighted by Gasteiger charge is -2.15. The summed E-state index contributed by atoms with van der Waals surface area (Å²) in [6.07, 6.45) is 0. The molecule has 0 spiro atoms. The predicted octanol–water partition coefficient (Wildman–Crippen LogP) is 3.11. The minimum atomic E-state index is 0.498. The van der Waals surface area contributed by atoms with Crippen LogP contribution in [-0.2, 0) is 11.3 Å². The molecule has 0 bridgehead atoms. The van der Waals surface area contributed by atoms with E-state index in [9.17, 15) is 0 Å². The van der Waals surface area contributed by atoms with Gasteiger partial charge in [0.15, 0.2) is 0 Å². The van der Waals surface area contributed by atoms with Crippen LogP contribution >= 0.6 is 11.6 Å². The van der Waals surface area contributed by atoms with Crippen LogP contribution in [0.25, 0.3) is 0 Å². The number of hydrogen-bond acceptors (Lipinski definition) is 3. The fourth-order valence-corrected chi connectivity index (χ4v) is 1.72. The molecule has 0 aliphatic rings. The lowest BCUT2D eigenvalue weighted by molar-refractivity contribution is 0.199. The van der Waals surface area contributed by atoms with Gasteiger partial charge in [-0.05, 0) is 18.1 Å². The molecule has 0 fully saturated rings. The molecule has 0 aliphatic heterocycles. The number of benzene rings is 1. The molecule has 0 saturated carbocycles. The zero-order valence-electron chi connectivity index (χ0n) is 11.3. The Morgan fingerprint density at radius 1 is 1.33 bits per heavy atom. The molecule has 0 radical (unpaired) electrons. The number of ether oxygens (including phenoxy) is 2. The van der Waals surface area contributed by atoms with Gasteiger partial charge in [0.1, 0.15) is 5.75 Å². The van der Waals surface area contributed by atoms with E-state index in [1.165, 1.54) is 0 Å². The van der Waals surface area contributed by atoms with Gasteiger partial charge < -0.3 is 14.8 Å². The second-order valence-corrected chi connectivity index (χ2v) is 5.00. The lowest BCUT2D eigenvalue weighted by atomic mass is 10.2. The van der Waals surface area contributed by atoms with Crippen molar-refractivity contribution in [3.63, 3.8) is 0 Å². The number of halogens is 1. The van der Waals surface area contributed by atoms with Crippen LogP contribution < -0.4 is 10.1 Å². The van der Waals surface area contributed by atoms with Crippen molar-refractivity contribution in [1.29, 1.82) is 0 Å². The third-order valence-corrected chi connectivity index (χ3v) is 2.79. The van der Waals surface area contributed by atoms with Gasteiger partial charge in [-0.1, -0.05) is 31.5 Å². The maximum atomic E-state index is 6.21. The number of hydrogen-bond donors (Lipinski definition) is 1. The van der Waals surface area contributed by atoms with Gasteiger partial charge in [-0.25, -0.2) is 0 Å². The van der Waals surface area contributed by atoms with Crippen LogP contribution in [0.4, 0.5) is 0 Å². The normalized spacial score (nSPS) is 10.9. The molecule has 0 amide bonds. The van der Waals surface area contributed by atoms with Crippen LogP contribution in [0.1, 0.15) is 19.4 Å². The van der Waals surface area contributed by atoms with Gasteiger partial charge in [0.25, 0.3) is 0 Å². The molecule has 4 heteroatoms. The summed E-state index contributed by atoms with van der Waals surface area (Å²) in [5, 5.41) is 4.02. The first-order chi connectivity index (χ1) is 8.65. The van der Waals surface area contributed by atoms with Crippen molar-refractivity contribution >= 4 is 11.6 Å². The van der Waals surface area contributed by atoms with Gasteiger partial charge in [-0.2, -0.15) is 0 Å². The minimum Gasteiger partial charge on any atom is -0.493 e. The number of rotatable bonds is 8. The van der Waals surface area contributed by atoms with E-state index in [1.807, 2.05) is 18.2 Å². The minimum absolute atomic E-state index is 0.498. The molecule has 0 atom stereocenters. The molecule has 3 nitrogen and oxygen atoms in total. The summed E-state index contributed by atoms with van der Waals surface area (Å²) in [4.78, 5) is 0. The van der Waals surface area contributed by atoms with Crippen molar-refractivity contribution in [2.75, 3.05) is 26.9 Å². The molecule has 1 aromatic rings. The summed E-state index contributed by atoms with van der Waals surface area (Å²) < 4.78 is 10.8. The summed E-state index contributed by atoms with van der Waals surface area (Å²) in [5.41, 5.74) is 1.01. The topological polar surface area (TPSA) is 30.5 Å². The molecule has 1 rings (SSSR count). The Morgan fingerprint density at radius 3 is 2.78 bits per heavy atom. The van der Waals surface area contributed by atoms with Gasteiger partial charge in [-0.3, -0.25) is 0 Å². The SMILES string of the molecule is COCCNCc1c(Cl)cccc1OCC(C)C. The van der Waals surface area contributed by atoms with Crippen molar-refractivity contribution in [1.82, 2.24) is 5.32 Å². The highest BCUT2D eigenvalue weighted by Gasteiger charge is 2.08. The Hall–Kier alpha value is -0.770. The molecule has 0 unspecified atom stereocenters. The lowest BCUT2D eigenvalue weighted by Crippen LogP contribution is -2.19. The second-order valence-electron chi connectivity index (χ2n) is 4.59. The monoisotopic (exact) mass is 271 g/mol. The van der Waals surface area contributed by atoms with Gasteiger partial charge >= 0.3 is 0 Å². The Kier molecular flexibility index (Phi) is 7.09. The highest BCUT2D eigenvalue weighted by atomic mass is 35.5. The average molecular weight is 272 g/mol. The highest BCUT2D eigenvalue weighted by Crippen LogP contribution is 2.26. The maximum absolute atomic E-state index is 6.21.